The van der Waals surface area contributed by atoms with E-state index in [1.54, 1.807) is 12.1 Å². The first kappa shape index (κ1) is 7.02. The van der Waals surface area contributed by atoms with Gasteiger partial charge in [-0.2, -0.15) is 0 Å². The molecule has 2 rings (SSSR count). The smallest absolute Gasteiger partial charge is 0.162 e. The maximum atomic E-state index is 13.2. The minimum atomic E-state index is -0.222. The van der Waals surface area contributed by atoms with Gasteiger partial charge in [0.15, 0.2) is 5.82 Å². The Morgan fingerprint density at radius 1 is 1.45 bits per heavy atom. The molecule has 0 atom stereocenters. The Hall–Kier alpha value is -0.650. The molecule has 0 unspecified atom stereocenters. The first-order valence-corrected chi connectivity index (χ1v) is 4.14. The number of nitrogens with zero attached hydrogens (tertiary/aromatic N) is 1. The van der Waals surface area contributed by atoms with E-state index in [0.717, 1.165) is 0 Å². The van der Waals surface area contributed by atoms with Crippen LogP contribution in [-0.2, 0) is 0 Å². The van der Waals surface area contributed by atoms with Crippen LogP contribution in [0.5, 0.6) is 0 Å². The van der Waals surface area contributed by atoms with E-state index >= 15 is 0 Å². The van der Waals surface area contributed by atoms with Crippen molar-refractivity contribution in [3.63, 3.8) is 0 Å². The topological polar surface area (TPSA) is 28.7 Å². The van der Waals surface area contributed by atoms with Crippen molar-refractivity contribution in [2.75, 3.05) is 0 Å². The number of fused-ring (bicyclic) bond motifs is 1. The van der Waals surface area contributed by atoms with Crippen molar-refractivity contribution < 1.29 is 4.39 Å². The average Bonchev–Trinajstić information content (AvgIpc) is 2.45. The van der Waals surface area contributed by atoms with Crippen LogP contribution in [0.15, 0.2) is 18.5 Å². The molecule has 4 heteroatoms. The van der Waals surface area contributed by atoms with E-state index in [9.17, 15) is 4.39 Å². The van der Waals surface area contributed by atoms with Gasteiger partial charge in [0.1, 0.15) is 5.52 Å². The zero-order valence-corrected chi connectivity index (χ0v) is 7.59. The number of nitrogens with one attached hydrogen (secondary N) is 1. The Kier molecular flexibility index (Phi) is 1.56. The molecule has 0 saturated carbocycles. The molecule has 0 aliphatic heterocycles. The van der Waals surface area contributed by atoms with E-state index in [1.807, 2.05) is 22.6 Å². The summed E-state index contributed by atoms with van der Waals surface area (Å²) < 4.78 is 13.8. The average molecular weight is 262 g/mol. The van der Waals surface area contributed by atoms with Gasteiger partial charge in [0.25, 0.3) is 0 Å². The fraction of sp³-hybridized carbons (Fsp3) is 0. The molecule has 1 aromatic carbocycles. The van der Waals surface area contributed by atoms with Gasteiger partial charge in [0, 0.05) is 0 Å². The first-order valence-electron chi connectivity index (χ1n) is 3.06. The molecule has 2 nitrogen and oxygen atoms in total. The lowest BCUT2D eigenvalue weighted by atomic mass is 10.3. The SMILES string of the molecule is Fc1c(I)ccc2nc[nH]c12. The summed E-state index contributed by atoms with van der Waals surface area (Å²) in [6.07, 6.45) is 1.49. The highest BCUT2D eigenvalue weighted by molar-refractivity contribution is 14.1. The van der Waals surface area contributed by atoms with Crippen LogP contribution in [0.1, 0.15) is 0 Å². The summed E-state index contributed by atoms with van der Waals surface area (Å²) in [5, 5.41) is 0. The second kappa shape index (κ2) is 2.44. The number of aromatic amines is 1. The van der Waals surface area contributed by atoms with E-state index < -0.39 is 0 Å². The van der Waals surface area contributed by atoms with E-state index in [1.165, 1.54) is 6.33 Å². The van der Waals surface area contributed by atoms with E-state index in [4.69, 9.17) is 0 Å². The number of imidazole rings is 1. The fourth-order valence-corrected chi connectivity index (χ4v) is 1.40. The van der Waals surface area contributed by atoms with Gasteiger partial charge in [-0.05, 0) is 34.7 Å². The van der Waals surface area contributed by atoms with Crippen LogP contribution >= 0.6 is 22.6 Å². The molecule has 0 bridgehead atoms. The minimum absolute atomic E-state index is 0.222. The van der Waals surface area contributed by atoms with Crippen LogP contribution in [0.25, 0.3) is 11.0 Å². The molecule has 0 radical (unpaired) electrons. The zero-order chi connectivity index (χ0) is 7.84. The van der Waals surface area contributed by atoms with Gasteiger partial charge in [-0.1, -0.05) is 0 Å². The van der Waals surface area contributed by atoms with Crippen molar-refractivity contribution >= 4 is 33.6 Å². The Bertz CT molecular complexity index is 396. The predicted molar refractivity (Wildman–Crippen MR) is 48.8 cm³/mol. The van der Waals surface area contributed by atoms with Crippen molar-refractivity contribution in [2.45, 2.75) is 0 Å². The number of H-pyrrole nitrogens is 1. The Morgan fingerprint density at radius 2 is 2.27 bits per heavy atom. The predicted octanol–water partition coefficient (Wildman–Crippen LogP) is 2.31. The van der Waals surface area contributed by atoms with Crippen molar-refractivity contribution in [1.29, 1.82) is 0 Å². The van der Waals surface area contributed by atoms with E-state index in [-0.39, 0.29) is 5.82 Å². The lowest BCUT2D eigenvalue weighted by Crippen LogP contribution is -1.82. The number of halogens is 2. The molecule has 11 heavy (non-hydrogen) atoms. The van der Waals surface area contributed by atoms with Crippen LogP contribution in [0.3, 0.4) is 0 Å². The van der Waals surface area contributed by atoms with Crippen molar-refractivity contribution in [2.24, 2.45) is 0 Å². The summed E-state index contributed by atoms with van der Waals surface area (Å²) in [6, 6.07) is 3.50. The van der Waals surface area contributed by atoms with Gasteiger partial charge in [-0.15, -0.1) is 0 Å². The summed E-state index contributed by atoms with van der Waals surface area (Å²) >= 11 is 1.95. The monoisotopic (exact) mass is 262 g/mol. The van der Waals surface area contributed by atoms with Crippen LogP contribution in [0.2, 0.25) is 0 Å². The lowest BCUT2D eigenvalue weighted by molar-refractivity contribution is 0.630. The van der Waals surface area contributed by atoms with Gasteiger partial charge in [-0.25, -0.2) is 9.37 Å². The standard InChI is InChI=1S/C7H4FIN2/c8-6-4(9)1-2-5-7(6)11-3-10-5/h1-3H,(H,10,11). The number of hydrogen-bond acceptors (Lipinski definition) is 1. The number of hydrogen-bond donors (Lipinski definition) is 1. The summed E-state index contributed by atoms with van der Waals surface area (Å²) in [6.45, 7) is 0. The molecule has 56 valence electrons. The summed E-state index contributed by atoms with van der Waals surface area (Å²) in [4.78, 5) is 6.66. The van der Waals surface area contributed by atoms with Gasteiger partial charge in [0.2, 0.25) is 0 Å². The minimum Gasteiger partial charge on any atom is -0.342 e. The van der Waals surface area contributed by atoms with Crippen molar-refractivity contribution in [3.8, 4) is 0 Å². The first-order chi connectivity index (χ1) is 5.29. The van der Waals surface area contributed by atoms with Crippen LogP contribution < -0.4 is 0 Å². The summed E-state index contributed by atoms with van der Waals surface area (Å²) in [7, 11) is 0. The largest absolute Gasteiger partial charge is 0.342 e. The number of benzene rings is 1. The third kappa shape index (κ3) is 1.01. The molecule has 0 amide bonds. The quantitative estimate of drug-likeness (QED) is 0.725. The molecule has 0 spiro atoms. The molecule has 0 saturated heterocycles. The molecule has 1 aromatic heterocycles. The maximum Gasteiger partial charge on any atom is 0.162 e. The van der Waals surface area contributed by atoms with E-state index in [0.29, 0.717) is 14.6 Å². The van der Waals surface area contributed by atoms with E-state index in [2.05, 4.69) is 9.97 Å². The molecule has 1 N–H and O–H groups in total. The third-order valence-electron chi connectivity index (χ3n) is 1.49. The van der Waals surface area contributed by atoms with Gasteiger partial charge in [0.05, 0.1) is 15.4 Å². The van der Waals surface area contributed by atoms with Crippen molar-refractivity contribution in [1.82, 2.24) is 9.97 Å². The van der Waals surface area contributed by atoms with Crippen LogP contribution in [0, 0.1) is 9.39 Å². The van der Waals surface area contributed by atoms with Crippen LogP contribution in [0.4, 0.5) is 4.39 Å². The molecule has 0 aliphatic rings. The van der Waals surface area contributed by atoms with Gasteiger partial charge in [-0.3, -0.25) is 0 Å². The van der Waals surface area contributed by atoms with Crippen LogP contribution in [-0.4, -0.2) is 9.97 Å². The Balaban J connectivity index is 2.93. The highest BCUT2D eigenvalue weighted by atomic mass is 127. The highest BCUT2D eigenvalue weighted by Crippen LogP contribution is 2.18. The molecule has 0 fully saturated rings. The Labute approximate surface area is 76.0 Å². The fourth-order valence-electron chi connectivity index (χ4n) is 0.952. The van der Waals surface area contributed by atoms with Crippen molar-refractivity contribution in [3.05, 3.63) is 27.8 Å². The maximum absolute atomic E-state index is 13.2. The Morgan fingerprint density at radius 3 is 3.09 bits per heavy atom. The second-order valence-corrected chi connectivity index (χ2v) is 3.32. The molecule has 1 heterocycles. The molecule has 0 aliphatic carbocycles. The second-order valence-electron chi connectivity index (χ2n) is 2.16. The van der Waals surface area contributed by atoms with Gasteiger partial charge < -0.3 is 4.98 Å². The third-order valence-corrected chi connectivity index (χ3v) is 2.32. The zero-order valence-electron chi connectivity index (χ0n) is 5.44. The molecular weight excluding hydrogens is 258 g/mol. The summed E-state index contributed by atoms with van der Waals surface area (Å²) in [5.74, 6) is -0.222. The normalized spacial score (nSPS) is 10.7. The highest BCUT2D eigenvalue weighted by Gasteiger charge is 2.05. The lowest BCUT2D eigenvalue weighted by Gasteiger charge is -1.93. The number of rotatable bonds is 0. The summed E-state index contributed by atoms with van der Waals surface area (Å²) in [5.41, 5.74) is 1.15. The number of aromatic nitrogens is 2. The van der Waals surface area contributed by atoms with Gasteiger partial charge >= 0.3 is 0 Å². The molecular formula is C7H4FIN2. The molecule has 2 aromatic rings.